The molecule has 0 bridgehead atoms. The van der Waals surface area contributed by atoms with Gasteiger partial charge < -0.3 is 5.11 Å². The molecule has 0 fully saturated rings. The number of aryl methyl sites for hydroxylation is 2. The zero-order chi connectivity index (χ0) is 28.5. The van der Waals surface area contributed by atoms with Crippen molar-refractivity contribution in [2.45, 2.75) is 78.2 Å². The fourth-order valence-corrected chi connectivity index (χ4v) is 5.12. The topological polar surface area (TPSA) is 54.4 Å². The smallest absolute Gasteiger partial charge is 0.386 e. The number of hydrogen-bond donors (Lipinski definition) is 1. The number of rotatable bonds is 9. The van der Waals surface area contributed by atoms with Gasteiger partial charge in [-0.15, -0.1) is 6.07 Å². The van der Waals surface area contributed by atoms with E-state index >= 15 is 0 Å². The number of carbonyl (C=O) groups excluding carboxylic acids is 2. The van der Waals surface area contributed by atoms with Gasteiger partial charge in [0.15, 0.2) is 0 Å². The van der Waals surface area contributed by atoms with Gasteiger partial charge in [-0.1, -0.05) is 82.3 Å². The Morgan fingerprint density at radius 1 is 0.846 bits per heavy atom. The quantitative estimate of drug-likeness (QED) is 0.294. The average molecular weight is 539 g/mol. The molecular formula is C34H40FNaO3. The molecule has 0 aliphatic carbocycles. The van der Waals surface area contributed by atoms with Gasteiger partial charge in [0, 0.05) is 11.2 Å². The van der Waals surface area contributed by atoms with E-state index in [0.29, 0.717) is 18.4 Å². The van der Waals surface area contributed by atoms with Crippen LogP contribution in [0.1, 0.15) is 86.8 Å². The van der Waals surface area contributed by atoms with E-state index in [-0.39, 0.29) is 46.9 Å². The molecule has 3 rings (SSSR count). The Labute approximate surface area is 255 Å². The Bertz CT molecular complexity index is 1300. The molecule has 1 N–H and O–H groups in total. The Morgan fingerprint density at radius 2 is 1.38 bits per heavy atom. The van der Waals surface area contributed by atoms with Crippen LogP contribution in [0, 0.1) is 26.6 Å². The molecule has 0 atom stereocenters. The third-order valence-corrected chi connectivity index (χ3v) is 7.97. The molecule has 5 heteroatoms. The third-order valence-electron chi connectivity index (χ3n) is 7.97. The predicted octanol–water partition coefficient (Wildman–Crippen LogP) is 5.38. The van der Waals surface area contributed by atoms with Crippen LogP contribution < -0.4 is 29.6 Å². The standard InChI is InChI=1S/C33H40FO.CO2.Na/c1-8-32(35,9-2)19-18-26-14-15-28(20-24(26)6)33(10-3,11-4)29-16-17-30(25(7)21-29)27-13-12-23(5)31(34)22-27;2-1-3;/h12-22,35H,5,8-11H2,1-4,6-7H3;;/q-1;;+1/b19-18+;;. The van der Waals surface area contributed by atoms with Gasteiger partial charge >= 0.3 is 35.7 Å². The predicted molar refractivity (Wildman–Crippen MR) is 153 cm³/mol. The molecule has 0 spiro atoms. The van der Waals surface area contributed by atoms with Crippen LogP contribution in [0.4, 0.5) is 4.39 Å². The molecule has 0 aliphatic heterocycles. The molecule has 0 radical (unpaired) electrons. The van der Waals surface area contributed by atoms with Crippen molar-refractivity contribution in [2.75, 3.05) is 0 Å². The van der Waals surface area contributed by atoms with Crippen molar-refractivity contribution in [2.24, 2.45) is 0 Å². The summed E-state index contributed by atoms with van der Waals surface area (Å²) in [6, 6.07) is 18.6. The van der Waals surface area contributed by atoms with Crippen molar-refractivity contribution in [3.63, 3.8) is 0 Å². The van der Waals surface area contributed by atoms with Gasteiger partial charge in [0.25, 0.3) is 0 Å². The van der Waals surface area contributed by atoms with Crippen LogP contribution in [-0.4, -0.2) is 16.9 Å². The SMILES string of the molecule is O=C=O.[CH2-]c1ccc(-c2ccc(C(CC)(CC)c3ccc(/C=C/C(O)(CC)CC)c(C)c3)cc2C)cc1F.[Na+]. The van der Waals surface area contributed by atoms with Crippen LogP contribution in [-0.2, 0) is 15.0 Å². The summed E-state index contributed by atoms with van der Waals surface area (Å²) in [7, 11) is 0. The molecule has 0 saturated heterocycles. The Kier molecular flexibility index (Phi) is 13.6. The van der Waals surface area contributed by atoms with E-state index in [1.165, 1.54) is 16.7 Å². The molecule has 0 aromatic heterocycles. The van der Waals surface area contributed by atoms with Gasteiger partial charge in [0.05, 0.1) is 5.60 Å². The summed E-state index contributed by atoms with van der Waals surface area (Å²) in [6.45, 7) is 16.5. The zero-order valence-corrected chi connectivity index (χ0v) is 26.5. The van der Waals surface area contributed by atoms with Gasteiger partial charge in [-0.3, -0.25) is 4.39 Å². The minimum absolute atomic E-state index is 0. The summed E-state index contributed by atoms with van der Waals surface area (Å²) in [5.74, 6) is -0.275. The normalized spacial score (nSPS) is 11.4. The number of benzene rings is 3. The van der Waals surface area contributed by atoms with Gasteiger partial charge in [0.2, 0.25) is 0 Å². The minimum Gasteiger partial charge on any atom is -0.386 e. The van der Waals surface area contributed by atoms with Crippen LogP contribution >= 0.6 is 0 Å². The second kappa shape index (κ2) is 15.4. The van der Waals surface area contributed by atoms with E-state index in [0.717, 1.165) is 35.1 Å². The van der Waals surface area contributed by atoms with E-state index < -0.39 is 5.60 Å². The summed E-state index contributed by atoms with van der Waals surface area (Å²) in [5, 5.41) is 10.6. The number of aliphatic hydroxyl groups is 1. The van der Waals surface area contributed by atoms with Crippen LogP contribution in [0.25, 0.3) is 17.2 Å². The third kappa shape index (κ3) is 8.03. The zero-order valence-electron chi connectivity index (χ0n) is 24.5. The summed E-state index contributed by atoms with van der Waals surface area (Å²) in [6.07, 6.45) is 7.61. The molecule has 202 valence electrons. The van der Waals surface area contributed by atoms with Gasteiger partial charge in [-0.25, -0.2) is 0 Å². The van der Waals surface area contributed by atoms with Crippen LogP contribution in [0.5, 0.6) is 0 Å². The molecule has 0 saturated carbocycles. The van der Waals surface area contributed by atoms with Crippen molar-refractivity contribution >= 4 is 12.2 Å². The van der Waals surface area contributed by atoms with E-state index in [9.17, 15) is 9.50 Å². The molecule has 0 heterocycles. The van der Waals surface area contributed by atoms with Gasteiger partial charge in [0.1, 0.15) is 0 Å². The molecule has 0 amide bonds. The molecular weight excluding hydrogens is 498 g/mol. The second-order valence-corrected chi connectivity index (χ2v) is 9.92. The van der Waals surface area contributed by atoms with E-state index in [1.54, 1.807) is 12.1 Å². The maximum Gasteiger partial charge on any atom is 1.00 e. The Balaban J connectivity index is 0.00000181. The number of hydrogen-bond acceptors (Lipinski definition) is 3. The molecule has 0 aliphatic rings. The molecule has 0 unspecified atom stereocenters. The monoisotopic (exact) mass is 538 g/mol. The molecule has 3 aromatic carbocycles. The van der Waals surface area contributed by atoms with Crippen LogP contribution in [0.3, 0.4) is 0 Å². The summed E-state index contributed by atoms with van der Waals surface area (Å²) in [4.78, 5) is 16.2. The van der Waals surface area contributed by atoms with E-state index in [4.69, 9.17) is 9.59 Å². The fraction of sp³-hybridized carbons (Fsp3) is 0.353. The van der Waals surface area contributed by atoms with Crippen LogP contribution in [0.15, 0.2) is 60.7 Å². The summed E-state index contributed by atoms with van der Waals surface area (Å²) < 4.78 is 14.1. The van der Waals surface area contributed by atoms with Crippen molar-refractivity contribution in [3.05, 3.63) is 107 Å². The first-order valence-electron chi connectivity index (χ1n) is 13.3. The first-order chi connectivity index (χ1) is 18.0. The van der Waals surface area contributed by atoms with Gasteiger partial charge in [-0.2, -0.15) is 28.1 Å². The van der Waals surface area contributed by atoms with E-state index in [1.807, 2.05) is 26.0 Å². The van der Waals surface area contributed by atoms with Gasteiger partial charge in [-0.05, 0) is 78.5 Å². The number of halogens is 1. The first-order valence-corrected chi connectivity index (χ1v) is 13.3. The van der Waals surface area contributed by atoms with Crippen molar-refractivity contribution in [1.82, 2.24) is 0 Å². The molecule has 39 heavy (non-hydrogen) atoms. The molecule has 3 nitrogen and oxygen atoms in total. The van der Waals surface area contributed by atoms with E-state index in [2.05, 4.69) is 77.1 Å². The maximum absolute atomic E-state index is 14.1. The van der Waals surface area contributed by atoms with Crippen molar-refractivity contribution in [1.29, 1.82) is 0 Å². The Morgan fingerprint density at radius 3 is 1.85 bits per heavy atom. The minimum atomic E-state index is -0.752. The first kappa shape index (κ1) is 34.6. The largest absolute Gasteiger partial charge is 1.00 e. The fourth-order valence-electron chi connectivity index (χ4n) is 5.12. The summed E-state index contributed by atoms with van der Waals surface area (Å²) >= 11 is 0. The summed E-state index contributed by atoms with van der Waals surface area (Å²) in [5.41, 5.74) is 7.55. The Hall–Kier alpha value is -2.46. The molecule has 3 aromatic rings. The van der Waals surface area contributed by atoms with Crippen LogP contribution in [0.2, 0.25) is 0 Å². The van der Waals surface area contributed by atoms with Crippen molar-refractivity contribution in [3.8, 4) is 11.1 Å². The van der Waals surface area contributed by atoms with Crippen molar-refractivity contribution < 1.29 is 48.6 Å². The second-order valence-electron chi connectivity index (χ2n) is 9.92. The average Bonchev–Trinajstić information content (AvgIpc) is 2.91. The maximum atomic E-state index is 14.1.